The highest BCUT2D eigenvalue weighted by molar-refractivity contribution is 5.85. The van der Waals surface area contributed by atoms with E-state index in [1.165, 1.54) is 4.90 Å². The number of nitrogens with zero attached hydrogens (tertiary/aromatic N) is 2. The van der Waals surface area contributed by atoms with Gasteiger partial charge in [-0.15, -0.1) is 0 Å². The zero-order chi connectivity index (χ0) is 25.5. The van der Waals surface area contributed by atoms with Crippen LogP contribution in [0.1, 0.15) is 65.9 Å². The number of rotatable bonds is 4. The van der Waals surface area contributed by atoms with Crippen LogP contribution in [-0.2, 0) is 4.79 Å². The number of amides is 2. The summed E-state index contributed by atoms with van der Waals surface area (Å²) in [6.45, 7) is 8.95. The topological polar surface area (TPSA) is 60.9 Å². The Kier molecular flexibility index (Phi) is 7.11. The zero-order valence-electron chi connectivity index (χ0n) is 20.5. The SMILES string of the molecule is CC(C)[C@]1(C(=O)N2CC=C(c3ccccc3)CC2C(F)(F)F)CC[C@@H](N(C(=O)O)C(C)(C)C)C1. The van der Waals surface area contributed by atoms with Gasteiger partial charge in [-0.3, -0.25) is 4.79 Å². The molecule has 1 heterocycles. The molecule has 1 saturated carbocycles. The Morgan fingerprint density at radius 1 is 1.15 bits per heavy atom. The number of benzene rings is 1. The quantitative estimate of drug-likeness (QED) is 0.558. The summed E-state index contributed by atoms with van der Waals surface area (Å²) < 4.78 is 42.6. The molecule has 2 amide bonds. The van der Waals surface area contributed by atoms with Crippen LogP contribution in [0.3, 0.4) is 0 Å². The van der Waals surface area contributed by atoms with Crippen LogP contribution in [0.15, 0.2) is 36.4 Å². The van der Waals surface area contributed by atoms with Gasteiger partial charge in [-0.2, -0.15) is 13.2 Å². The van der Waals surface area contributed by atoms with E-state index < -0.39 is 41.2 Å². The maximum atomic E-state index is 14.2. The van der Waals surface area contributed by atoms with Gasteiger partial charge in [0, 0.05) is 24.5 Å². The minimum atomic E-state index is -4.57. The summed E-state index contributed by atoms with van der Waals surface area (Å²) in [6.07, 6.45) is -3.18. The van der Waals surface area contributed by atoms with Crippen molar-refractivity contribution in [3.8, 4) is 0 Å². The van der Waals surface area contributed by atoms with Crippen LogP contribution in [-0.4, -0.2) is 57.3 Å². The smallest absolute Gasteiger partial charge is 0.409 e. The number of carboxylic acid groups (broad SMARTS) is 1. The second-order valence-corrected chi connectivity index (χ2v) is 10.8. The number of alkyl halides is 3. The predicted octanol–water partition coefficient (Wildman–Crippen LogP) is 6.21. The second kappa shape index (κ2) is 9.27. The van der Waals surface area contributed by atoms with Crippen LogP contribution < -0.4 is 0 Å². The summed E-state index contributed by atoms with van der Waals surface area (Å²) in [6, 6.07) is 6.60. The highest BCUT2D eigenvalue weighted by Crippen LogP contribution is 2.50. The maximum Gasteiger partial charge on any atom is 0.409 e. The van der Waals surface area contributed by atoms with Crippen LogP contribution in [0.2, 0.25) is 0 Å². The first-order chi connectivity index (χ1) is 15.7. The van der Waals surface area contributed by atoms with Gasteiger partial charge >= 0.3 is 12.3 Å². The number of carbonyl (C=O) groups excluding carboxylic acids is 1. The van der Waals surface area contributed by atoms with E-state index in [0.717, 1.165) is 10.5 Å². The molecule has 188 valence electrons. The van der Waals surface area contributed by atoms with Gasteiger partial charge in [-0.05, 0) is 57.1 Å². The van der Waals surface area contributed by atoms with Crippen molar-refractivity contribution in [1.82, 2.24) is 9.80 Å². The lowest BCUT2D eigenvalue weighted by Gasteiger charge is -2.44. The molecule has 34 heavy (non-hydrogen) atoms. The Balaban J connectivity index is 1.94. The molecule has 2 aliphatic rings. The molecule has 5 nitrogen and oxygen atoms in total. The first kappa shape index (κ1) is 26.1. The Labute approximate surface area is 199 Å². The highest BCUT2D eigenvalue weighted by Gasteiger charge is 2.56. The molecular formula is C26H35F3N2O3. The second-order valence-electron chi connectivity index (χ2n) is 10.8. The van der Waals surface area contributed by atoms with E-state index in [4.69, 9.17) is 0 Å². The third-order valence-corrected chi connectivity index (χ3v) is 7.46. The molecule has 0 spiro atoms. The van der Waals surface area contributed by atoms with Crippen molar-refractivity contribution >= 4 is 17.6 Å². The molecule has 1 fully saturated rings. The van der Waals surface area contributed by atoms with E-state index >= 15 is 0 Å². The molecule has 1 N–H and O–H groups in total. The predicted molar refractivity (Wildman–Crippen MR) is 125 cm³/mol. The summed E-state index contributed by atoms with van der Waals surface area (Å²) in [5.74, 6) is -0.746. The van der Waals surface area contributed by atoms with E-state index in [2.05, 4.69) is 0 Å². The summed E-state index contributed by atoms with van der Waals surface area (Å²) in [5, 5.41) is 9.83. The van der Waals surface area contributed by atoms with Crippen molar-refractivity contribution in [2.45, 2.75) is 84.1 Å². The zero-order valence-corrected chi connectivity index (χ0v) is 20.5. The van der Waals surface area contributed by atoms with Crippen molar-refractivity contribution < 1.29 is 27.9 Å². The van der Waals surface area contributed by atoms with Crippen molar-refractivity contribution in [1.29, 1.82) is 0 Å². The summed E-state index contributed by atoms with van der Waals surface area (Å²) in [5.41, 5.74) is -0.407. The molecule has 1 aliphatic carbocycles. The first-order valence-corrected chi connectivity index (χ1v) is 11.8. The summed E-state index contributed by atoms with van der Waals surface area (Å²) >= 11 is 0. The molecular weight excluding hydrogens is 445 g/mol. The Morgan fingerprint density at radius 2 is 1.76 bits per heavy atom. The molecule has 0 radical (unpaired) electrons. The van der Waals surface area contributed by atoms with E-state index in [0.29, 0.717) is 18.4 Å². The fraction of sp³-hybridized carbons (Fsp3) is 0.615. The van der Waals surface area contributed by atoms with Crippen molar-refractivity contribution in [2.24, 2.45) is 11.3 Å². The van der Waals surface area contributed by atoms with E-state index in [9.17, 15) is 27.9 Å². The lowest BCUT2D eigenvalue weighted by atomic mass is 9.73. The Bertz CT molecular complexity index is 937. The normalized spacial score (nSPS) is 25.9. The van der Waals surface area contributed by atoms with E-state index in [1.807, 2.05) is 19.9 Å². The van der Waals surface area contributed by atoms with Gasteiger partial charge in [0.15, 0.2) is 0 Å². The molecule has 1 aromatic carbocycles. The number of carbonyl (C=O) groups is 2. The maximum absolute atomic E-state index is 14.2. The number of hydrogen-bond acceptors (Lipinski definition) is 2. The van der Waals surface area contributed by atoms with Gasteiger partial charge in [0.1, 0.15) is 6.04 Å². The molecule has 3 atom stereocenters. The van der Waals surface area contributed by atoms with E-state index in [-0.39, 0.29) is 25.3 Å². The largest absolute Gasteiger partial charge is 0.465 e. The third kappa shape index (κ3) is 4.96. The van der Waals surface area contributed by atoms with Crippen LogP contribution >= 0.6 is 0 Å². The molecule has 1 aliphatic heterocycles. The number of halogens is 3. The molecule has 8 heteroatoms. The van der Waals surface area contributed by atoms with Crippen molar-refractivity contribution in [3.63, 3.8) is 0 Å². The summed E-state index contributed by atoms with van der Waals surface area (Å²) in [7, 11) is 0. The molecule has 0 saturated heterocycles. The lowest BCUT2D eigenvalue weighted by Crippen LogP contribution is -2.57. The average Bonchev–Trinajstić information content (AvgIpc) is 3.17. The standard InChI is InChI=1S/C26H35F3N2O3/c1-17(2)25(13-11-20(16-25)31(23(33)34)24(3,4)5)22(32)30-14-12-19(15-21(30)26(27,28)29)18-9-7-6-8-10-18/h6-10,12,17,20-21H,11,13-16H2,1-5H3,(H,33,34)/t20-,21?,25+/m1/s1. The van der Waals surface area contributed by atoms with Gasteiger partial charge in [0.05, 0.1) is 5.41 Å². The van der Waals surface area contributed by atoms with E-state index in [1.54, 1.807) is 51.1 Å². The number of hydrogen-bond donors (Lipinski definition) is 1. The van der Waals surface area contributed by atoms with Crippen LogP contribution in [0.5, 0.6) is 0 Å². The molecule has 3 rings (SSSR count). The van der Waals surface area contributed by atoms with Gasteiger partial charge in [0.2, 0.25) is 5.91 Å². The Morgan fingerprint density at radius 3 is 2.26 bits per heavy atom. The van der Waals surface area contributed by atoms with Crippen molar-refractivity contribution in [2.75, 3.05) is 6.54 Å². The van der Waals surface area contributed by atoms with Crippen LogP contribution in [0, 0.1) is 11.3 Å². The van der Waals surface area contributed by atoms with Gasteiger partial charge in [-0.25, -0.2) is 4.79 Å². The highest BCUT2D eigenvalue weighted by atomic mass is 19.4. The van der Waals surface area contributed by atoms with Crippen LogP contribution in [0.4, 0.5) is 18.0 Å². The van der Waals surface area contributed by atoms with Crippen molar-refractivity contribution in [3.05, 3.63) is 42.0 Å². The van der Waals surface area contributed by atoms with Gasteiger partial charge < -0.3 is 14.9 Å². The van der Waals surface area contributed by atoms with Crippen LogP contribution in [0.25, 0.3) is 5.57 Å². The average molecular weight is 481 g/mol. The monoisotopic (exact) mass is 480 g/mol. The lowest BCUT2D eigenvalue weighted by molar-refractivity contribution is -0.194. The van der Waals surface area contributed by atoms with Gasteiger partial charge in [-0.1, -0.05) is 50.3 Å². The first-order valence-electron chi connectivity index (χ1n) is 11.8. The fourth-order valence-electron chi connectivity index (χ4n) is 5.65. The molecule has 1 aromatic rings. The summed E-state index contributed by atoms with van der Waals surface area (Å²) in [4.78, 5) is 28.2. The minimum absolute atomic E-state index is 0.117. The minimum Gasteiger partial charge on any atom is -0.465 e. The van der Waals surface area contributed by atoms with Gasteiger partial charge in [0.25, 0.3) is 0 Å². The fourth-order valence-corrected chi connectivity index (χ4v) is 5.65. The Hall–Kier alpha value is -2.51. The molecule has 1 unspecified atom stereocenters. The molecule has 0 aromatic heterocycles. The third-order valence-electron chi connectivity index (χ3n) is 7.46. The molecule has 0 bridgehead atoms.